The van der Waals surface area contributed by atoms with E-state index in [0.29, 0.717) is 10.6 Å². The summed E-state index contributed by atoms with van der Waals surface area (Å²) in [5.41, 5.74) is 11.3. The van der Waals surface area contributed by atoms with E-state index in [9.17, 15) is 4.79 Å². The van der Waals surface area contributed by atoms with Crippen molar-refractivity contribution in [3.8, 4) is 0 Å². The molecule has 0 aromatic carbocycles. The van der Waals surface area contributed by atoms with Crippen molar-refractivity contribution in [2.24, 2.45) is 5.73 Å². The second kappa shape index (κ2) is 5.20. The van der Waals surface area contributed by atoms with Crippen LogP contribution >= 0.6 is 22.7 Å². The Labute approximate surface area is 107 Å². The lowest BCUT2D eigenvalue weighted by atomic mass is 10.3. The van der Waals surface area contributed by atoms with Crippen LogP contribution in [-0.4, -0.2) is 12.5 Å². The molecule has 0 spiro atoms. The van der Waals surface area contributed by atoms with Gasteiger partial charge in [-0.1, -0.05) is 6.07 Å². The van der Waals surface area contributed by atoms with Crippen molar-refractivity contribution in [2.45, 2.75) is 6.42 Å². The second-order valence-corrected chi connectivity index (χ2v) is 5.60. The molecule has 90 valence electrons. The molecule has 0 saturated carbocycles. The van der Waals surface area contributed by atoms with Gasteiger partial charge in [-0.2, -0.15) is 0 Å². The molecule has 0 fully saturated rings. The minimum atomic E-state index is -0.473. The van der Waals surface area contributed by atoms with E-state index in [2.05, 4.69) is 16.8 Å². The fourth-order valence-electron chi connectivity index (χ4n) is 1.45. The number of rotatable bonds is 5. The summed E-state index contributed by atoms with van der Waals surface area (Å²) in [6.45, 7) is 0.818. The van der Waals surface area contributed by atoms with Crippen LogP contribution in [0.25, 0.3) is 0 Å². The Morgan fingerprint density at radius 2 is 2.29 bits per heavy atom. The van der Waals surface area contributed by atoms with E-state index < -0.39 is 5.91 Å². The third kappa shape index (κ3) is 2.98. The summed E-state index contributed by atoms with van der Waals surface area (Å²) < 4.78 is 0. The third-order valence-corrected chi connectivity index (χ3v) is 4.29. The van der Waals surface area contributed by atoms with Gasteiger partial charge in [0.1, 0.15) is 4.88 Å². The monoisotopic (exact) mass is 267 g/mol. The number of amides is 1. The average molecular weight is 267 g/mol. The number of primary amides is 1. The predicted molar refractivity (Wildman–Crippen MR) is 73.8 cm³/mol. The fraction of sp³-hybridized carbons (Fsp3) is 0.182. The van der Waals surface area contributed by atoms with Crippen LogP contribution in [0, 0.1) is 0 Å². The summed E-state index contributed by atoms with van der Waals surface area (Å²) in [5.74, 6) is -0.473. The van der Waals surface area contributed by atoms with Gasteiger partial charge in [-0.05, 0) is 23.9 Å². The Morgan fingerprint density at radius 3 is 2.88 bits per heavy atom. The van der Waals surface area contributed by atoms with Crippen molar-refractivity contribution in [1.82, 2.24) is 0 Å². The second-order valence-electron chi connectivity index (χ2n) is 3.52. The van der Waals surface area contributed by atoms with Gasteiger partial charge in [0.25, 0.3) is 5.91 Å². The van der Waals surface area contributed by atoms with Gasteiger partial charge in [-0.15, -0.1) is 22.7 Å². The topological polar surface area (TPSA) is 81.1 Å². The molecule has 0 aliphatic rings. The maximum Gasteiger partial charge on any atom is 0.260 e. The highest BCUT2D eigenvalue weighted by Crippen LogP contribution is 2.28. The first kappa shape index (κ1) is 11.9. The Balaban J connectivity index is 1.91. The molecule has 0 saturated heterocycles. The number of nitrogens with two attached hydrogens (primary N) is 2. The Hall–Kier alpha value is -1.53. The highest BCUT2D eigenvalue weighted by molar-refractivity contribution is 7.18. The molecular weight excluding hydrogens is 254 g/mol. The van der Waals surface area contributed by atoms with Crippen LogP contribution < -0.4 is 16.8 Å². The number of hydrogen-bond acceptors (Lipinski definition) is 5. The molecule has 2 heterocycles. The van der Waals surface area contributed by atoms with Crippen LogP contribution in [0.2, 0.25) is 0 Å². The van der Waals surface area contributed by atoms with E-state index in [1.807, 2.05) is 6.07 Å². The Morgan fingerprint density at radius 1 is 1.47 bits per heavy atom. The van der Waals surface area contributed by atoms with Crippen molar-refractivity contribution in [3.05, 3.63) is 33.3 Å². The number of nitrogen functional groups attached to an aromatic ring is 1. The van der Waals surface area contributed by atoms with E-state index in [1.165, 1.54) is 16.2 Å². The molecule has 6 heteroatoms. The molecule has 1 amide bonds. The van der Waals surface area contributed by atoms with Gasteiger partial charge >= 0.3 is 0 Å². The molecule has 2 aromatic heterocycles. The molecule has 5 N–H and O–H groups in total. The van der Waals surface area contributed by atoms with Gasteiger partial charge in [-0.3, -0.25) is 4.79 Å². The number of anilines is 2. The quantitative estimate of drug-likeness (QED) is 0.776. The highest BCUT2D eigenvalue weighted by atomic mass is 32.1. The predicted octanol–water partition coefficient (Wildman–Crippen LogP) is 2.15. The smallest absolute Gasteiger partial charge is 0.260 e. The Bertz CT molecular complexity index is 505. The van der Waals surface area contributed by atoms with E-state index in [-0.39, 0.29) is 0 Å². The first-order chi connectivity index (χ1) is 8.16. The number of thiophene rings is 2. The average Bonchev–Trinajstić information content (AvgIpc) is 2.88. The zero-order valence-electron chi connectivity index (χ0n) is 9.10. The van der Waals surface area contributed by atoms with Crippen LogP contribution in [0.5, 0.6) is 0 Å². The minimum Gasteiger partial charge on any atom is -0.397 e. The van der Waals surface area contributed by atoms with Gasteiger partial charge in [0.05, 0.1) is 10.7 Å². The van der Waals surface area contributed by atoms with Gasteiger partial charge < -0.3 is 16.8 Å². The standard InChI is InChI=1S/C11H13N3OS2/c12-8-6-9(17-10(8)11(13)15)14-4-3-7-2-1-5-16-7/h1-2,5-6,14H,3-4,12H2,(H2,13,15). The number of carbonyl (C=O) groups is 1. The van der Waals surface area contributed by atoms with Crippen LogP contribution in [0.1, 0.15) is 14.5 Å². The molecule has 0 unspecified atom stereocenters. The lowest BCUT2D eigenvalue weighted by Gasteiger charge is -2.00. The Kier molecular flexibility index (Phi) is 3.65. The summed E-state index contributed by atoms with van der Waals surface area (Å²) in [5, 5.41) is 6.18. The van der Waals surface area contributed by atoms with E-state index in [4.69, 9.17) is 11.5 Å². The molecule has 4 nitrogen and oxygen atoms in total. The zero-order chi connectivity index (χ0) is 12.3. The number of nitrogens with one attached hydrogen (secondary N) is 1. The van der Waals surface area contributed by atoms with Crippen molar-refractivity contribution in [1.29, 1.82) is 0 Å². The van der Waals surface area contributed by atoms with Crippen LogP contribution in [0.3, 0.4) is 0 Å². The molecule has 2 aromatic rings. The molecule has 0 aliphatic heterocycles. The molecule has 0 atom stereocenters. The van der Waals surface area contributed by atoms with Gasteiger partial charge in [0.2, 0.25) is 0 Å². The summed E-state index contributed by atoms with van der Waals surface area (Å²) in [6, 6.07) is 5.89. The zero-order valence-corrected chi connectivity index (χ0v) is 10.7. The molecular formula is C11H13N3OS2. The van der Waals surface area contributed by atoms with E-state index in [1.54, 1.807) is 17.4 Å². The summed E-state index contributed by atoms with van der Waals surface area (Å²) in [6.07, 6.45) is 0.960. The fourth-order valence-corrected chi connectivity index (χ4v) is 3.01. The first-order valence-corrected chi connectivity index (χ1v) is 6.82. The van der Waals surface area contributed by atoms with Crippen molar-refractivity contribution >= 4 is 39.3 Å². The van der Waals surface area contributed by atoms with Crippen LogP contribution in [0.15, 0.2) is 23.6 Å². The third-order valence-electron chi connectivity index (χ3n) is 2.24. The molecule has 0 radical (unpaired) electrons. The number of carbonyl (C=O) groups excluding carboxylic acids is 1. The lowest BCUT2D eigenvalue weighted by Crippen LogP contribution is -2.10. The molecule has 17 heavy (non-hydrogen) atoms. The summed E-state index contributed by atoms with van der Waals surface area (Å²) in [7, 11) is 0. The van der Waals surface area contributed by atoms with Gasteiger partial charge in [-0.25, -0.2) is 0 Å². The van der Waals surface area contributed by atoms with Gasteiger partial charge in [0, 0.05) is 11.4 Å². The first-order valence-electron chi connectivity index (χ1n) is 5.12. The van der Waals surface area contributed by atoms with E-state index >= 15 is 0 Å². The maximum atomic E-state index is 11.0. The van der Waals surface area contributed by atoms with Crippen molar-refractivity contribution in [2.75, 3.05) is 17.6 Å². The summed E-state index contributed by atoms with van der Waals surface area (Å²) >= 11 is 3.03. The van der Waals surface area contributed by atoms with Crippen LogP contribution in [0.4, 0.5) is 10.7 Å². The van der Waals surface area contributed by atoms with Crippen molar-refractivity contribution in [3.63, 3.8) is 0 Å². The number of hydrogen-bond donors (Lipinski definition) is 3. The largest absolute Gasteiger partial charge is 0.397 e. The lowest BCUT2D eigenvalue weighted by molar-refractivity contribution is 0.100. The SMILES string of the molecule is NC(=O)c1sc(NCCc2cccs2)cc1N. The van der Waals surface area contributed by atoms with E-state index in [0.717, 1.165) is 18.0 Å². The maximum absolute atomic E-state index is 11.0. The molecule has 0 aliphatic carbocycles. The highest BCUT2D eigenvalue weighted by Gasteiger charge is 2.10. The normalized spacial score (nSPS) is 10.4. The molecule has 2 rings (SSSR count). The van der Waals surface area contributed by atoms with Crippen molar-refractivity contribution < 1.29 is 4.79 Å². The molecule has 0 bridgehead atoms. The van der Waals surface area contributed by atoms with Crippen LogP contribution in [-0.2, 0) is 6.42 Å². The minimum absolute atomic E-state index is 0.420. The van der Waals surface area contributed by atoms with Gasteiger partial charge in [0.15, 0.2) is 0 Å². The summed E-state index contributed by atoms with van der Waals surface area (Å²) in [4.78, 5) is 12.8.